The molecule has 0 bridgehead atoms. The zero-order valence-corrected chi connectivity index (χ0v) is 17.9. The lowest BCUT2D eigenvalue weighted by Gasteiger charge is -2.36. The Morgan fingerprint density at radius 3 is 2.48 bits per heavy atom. The van der Waals surface area contributed by atoms with Gasteiger partial charge in [0, 0.05) is 38.0 Å². The maximum Gasteiger partial charge on any atom is 0.291 e. The number of hydrogen-bond donors (Lipinski definition) is 1. The summed E-state index contributed by atoms with van der Waals surface area (Å²) in [5.41, 5.74) is 2.07. The van der Waals surface area contributed by atoms with Crippen molar-refractivity contribution in [2.75, 3.05) is 43.5 Å². The molecule has 0 unspecified atom stereocenters. The fourth-order valence-electron chi connectivity index (χ4n) is 3.93. The van der Waals surface area contributed by atoms with Crippen LogP contribution >= 0.6 is 0 Å². The van der Waals surface area contributed by atoms with E-state index in [0.29, 0.717) is 43.9 Å². The maximum absolute atomic E-state index is 13.3. The van der Waals surface area contributed by atoms with E-state index in [1.165, 1.54) is 0 Å². The number of carbonyl (C=O) groups is 2. The number of nitrogens with zero attached hydrogens (tertiary/aromatic N) is 2. The number of furan rings is 1. The molecule has 2 heterocycles. The fourth-order valence-corrected chi connectivity index (χ4v) is 3.93. The Morgan fingerprint density at radius 1 is 1.03 bits per heavy atom. The molecule has 2 amide bonds. The van der Waals surface area contributed by atoms with Crippen molar-refractivity contribution in [1.82, 2.24) is 4.90 Å². The first-order valence-electron chi connectivity index (χ1n) is 10.6. The van der Waals surface area contributed by atoms with Crippen LogP contribution in [0.2, 0.25) is 0 Å². The Labute approximate surface area is 181 Å². The van der Waals surface area contributed by atoms with Gasteiger partial charge in [-0.15, -0.1) is 0 Å². The van der Waals surface area contributed by atoms with Crippen LogP contribution in [0, 0.1) is 0 Å². The number of rotatable bonds is 6. The van der Waals surface area contributed by atoms with Crippen LogP contribution in [-0.4, -0.2) is 50.0 Å². The molecule has 0 aliphatic carbocycles. The van der Waals surface area contributed by atoms with Crippen LogP contribution in [0.15, 0.2) is 52.9 Å². The second kappa shape index (κ2) is 9.12. The van der Waals surface area contributed by atoms with Gasteiger partial charge in [0.05, 0.1) is 12.8 Å². The summed E-state index contributed by atoms with van der Waals surface area (Å²) in [4.78, 5) is 29.6. The molecular weight excluding hydrogens is 394 g/mol. The van der Waals surface area contributed by atoms with Gasteiger partial charge in [0.2, 0.25) is 11.7 Å². The molecule has 0 spiro atoms. The highest BCUT2D eigenvalue weighted by Gasteiger charge is 2.29. The van der Waals surface area contributed by atoms with E-state index in [1.807, 2.05) is 49.4 Å². The summed E-state index contributed by atoms with van der Waals surface area (Å²) in [5, 5.41) is 3.64. The molecule has 1 N–H and O–H groups in total. The molecule has 1 aliphatic heterocycles. The van der Waals surface area contributed by atoms with Crippen molar-refractivity contribution in [3.8, 4) is 5.75 Å². The lowest BCUT2D eigenvalue weighted by molar-refractivity contribution is -0.116. The minimum absolute atomic E-state index is 0.121. The van der Waals surface area contributed by atoms with Crippen LogP contribution < -0.4 is 15.0 Å². The SMILES string of the molecule is CCCC(=O)Nc1c(C(=O)N2CCN(c3ccccc3OC)CC2)oc2ccccc12. The standard InChI is InChI=1S/C24H27N3O4/c1-3-8-21(28)25-22-17-9-4-6-11-19(17)31-23(22)24(29)27-15-13-26(14-16-27)18-10-5-7-12-20(18)30-2/h4-7,9-12H,3,8,13-16H2,1-2H3,(H,25,28). The summed E-state index contributed by atoms with van der Waals surface area (Å²) in [6, 6.07) is 15.3. The summed E-state index contributed by atoms with van der Waals surface area (Å²) in [7, 11) is 1.66. The summed E-state index contributed by atoms with van der Waals surface area (Å²) in [5.74, 6) is 0.684. The van der Waals surface area contributed by atoms with Crippen LogP contribution in [0.4, 0.5) is 11.4 Å². The molecule has 2 aromatic carbocycles. The highest BCUT2D eigenvalue weighted by atomic mass is 16.5. The van der Waals surface area contributed by atoms with E-state index in [-0.39, 0.29) is 17.6 Å². The van der Waals surface area contributed by atoms with Crippen LogP contribution in [-0.2, 0) is 4.79 Å². The van der Waals surface area contributed by atoms with E-state index in [2.05, 4.69) is 10.2 Å². The Balaban J connectivity index is 1.54. The van der Waals surface area contributed by atoms with Crippen LogP contribution in [0.25, 0.3) is 11.0 Å². The lowest BCUT2D eigenvalue weighted by Crippen LogP contribution is -2.49. The number of methoxy groups -OCH3 is 1. The minimum atomic E-state index is -0.206. The topological polar surface area (TPSA) is 75.0 Å². The largest absolute Gasteiger partial charge is 0.495 e. The smallest absolute Gasteiger partial charge is 0.291 e. The van der Waals surface area contributed by atoms with Crippen molar-refractivity contribution in [2.45, 2.75) is 19.8 Å². The molecule has 3 aromatic rings. The monoisotopic (exact) mass is 421 g/mol. The van der Waals surface area contributed by atoms with Gasteiger partial charge >= 0.3 is 0 Å². The van der Waals surface area contributed by atoms with Gasteiger partial charge < -0.3 is 24.3 Å². The zero-order valence-electron chi connectivity index (χ0n) is 17.9. The molecule has 1 aromatic heterocycles. The number of benzene rings is 2. The van der Waals surface area contributed by atoms with Gasteiger partial charge in [-0.2, -0.15) is 0 Å². The van der Waals surface area contributed by atoms with Crippen molar-refractivity contribution in [3.63, 3.8) is 0 Å². The molecule has 0 saturated carbocycles. The number of hydrogen-bond acceptors (Lipinski definition) is 5. The molecule has 0 radical (unpaired) electrons. The fraction of sp³-hybridized carbons (Fsp3) is 0.333. The quantitative estimate of drug-likeness (QED) is 0.647. The number of piperazine rings is 1. The summed E-state index contributed by atoms with van der Waals surface area (Å²) in [6.45, 7) is 4.42. The van der Waals surface area contributed by atoms with Gasteiger partial charge in [-0.1, -0.05) is 31.2 Å². The molecular formula is C24H27N3O4. The first-order chi connectivity index (χ1) is 15.1. The number of nitrogens with one attached hydrogen (secondary N) is 1. The predicted octanol–water partition coefficient (Wildman–Crippen LogP) is 4.14. The van der Waals surface area contributed by atoms with Crippen molar-refractivity contribution in [3.05, 3.63) is 54.3 Å². The third-order valence-corrected chi connectivity index (χ3v) is 5.52. The van der Waals surface area contributed by atoms with Crippen LogP contribution in [0.5, 0.6) is 5.75 Å². The Morgan fingerprint density at radius 2 is 1.74 bits per heavy atom. The molecule has 4 rings (SSSR count). The average molecular weight is 421 g/mol. The normalized spacial score (nSPS) is 14.0. The third-order valence-electron chi connectivity index (χ3n) is 5.52. The van der Waals surface area contributed by atoms with Gasteiger partial charge in [-0.05, 0) is 30.7 Å². The zero-order chi connectivity index (χ0) is 21.8. The maximum atomic E-state index is 13.3. The molecule has 7 heteroatoms. The van der Waals surface area contributed by atoms with Crippen molar-refractivity contribution in [2.24, 2.45) is 0 Å². The van der Waals surface area contributed by atoms with Crippen molar-refractivity contribution < 1.29 is 18.7 Å². The van der Waals surface area contributed by atoms with E-state index >= 15 is 0 Å². The van der Waals surface area contributed by atoms with Gasteiger partial charge in [0.25, 0.3) is 5.91 Å². The average Bonchev–Trinajstić information content (AvgIpc) is 3.17. The van der Waals surface area contributed by atoms with Crippen molar-refractivity contribution in [1.29, 1.82) is 0 Å². The molecule has 1 aliphatic rings. The van der Waals surface area contributed by atoms with Gasteiger partial charge in [-0.25, -0.2) is 0 Å². The molecule has 31 heavy (non-hydrogen) atoms. The number of amides is 2. The molecule has 0 atom stereocenters. The Hall–Kier alpha value is -3.48. The number of ether oxygens (including phenoxy) is 1. The Bertz CT molecular complexity index is 1080. The number of fused-ring (bicyclic) bond motifs is 1. The Kier molecular flexibility index (Phi) is 6.11. The van der Waals surface area contributed by atoms with Gasteiger partial charge in [0.15, 0.2) is 0 Å². The second-order valence-electron chi connectivity index (χ2n) is 7.55. The lowest BCUT2D eigenvalue weighted by atomic mass is 10.2. The molecule has 7 nitrogen and oxygen atoms in total. The van der Waals surface area contributed by atoms with E-state index in [4.69, 9.17) is 9.15 Å². The van der Waals surface area contributed by atoms with E-state index < -0.39 is 0 Å². The first kappa shape index (κ1) is 20.8. The molecule has 162 valence electrons. The van der Waals surface area contributed by atoms with E-state index in [9.17, 15) is 9.59 Å². The van der Waals surface area contributed by atoms with E-state index in [1.54, 1.807) is 18.1 Å². The van der Waals surface area contributed by atoms with E-state index in [0.717, 1.165) is 23.2 Å². The molecule has 1 fully saturated rings. The third kappa shape index (κ3) is 4.21. The number of carbonyl (C=O) groups excluding carboxylic acids is 2. The minimum Gasteiger partial charge on any atom is -0.495 e. The number of para-hydroxylation sites is 3. The van der Waals surface area contributed by atoms with Crippen LogP contribution in [0.3, 0.4) is 0 Å². The predicted molar refractivity (Wildman–Crippen MR) is 121 cm³/mol. The number of anilines is 2. The second-order valence-corrected chi connectivity index (χ2v) is 7.55. The first-order valence-corrected chi connectivity index (χ1v) is 10.6. The molecule has 1 saturated heterocycles. The summed E-state index contributed by atoms with van der Waals surface area (Å²) < 4.78 is 11.4. The van der Waals surface area contributed by atoms with Crippen molar-refractivity contribution >= 4 is 34.2 Å². The highest BCUT2D eigenvalue weighted by molar-refractivity contribution is 6.10. The van der Waals surface area contributed by atoms with Gasteiger partial charge in [-0.3, -0.25) is 9.59 Å². The highest BCUT2D eigenvalue weighted by Crippen LogP contribution is 2.33. The van der Waals surface area contributed by atoms with Crippen LogP contribution in [0.1, 0.15) is 30.3 Å². The van der Waals surface area contributed by atoms with Gasteiger partial charge in [0.1, 0.15) is 17.0 Å². The summed E-state index contributed by atoms with van der Waals surface area (Å²) in [6.07, 6.45) is 1.13. The summed E-state index contributed by atoms with van der Waals surface area (Å²) >= 11 is 0.